The molecule has 0 radical (unpaired) electrons. The van der Waals surface area contributed by atoms with Crippen molar-refractivity contribution in [3.63, 3.8) is 0 Å². The maximum Gasteiger partial charge on any atom is 0.243 e. The second kappa shape index (κ2) is 13.0. The fourth-order valence-corrected chi connectivity index (χ4v) is 1.36. The van der Waals surface area contributed by atoms with Crippen molar-refractivity contribution in [2.75, 3.05) is 52.7 Å². The summed E-state index contributed by atoms with van der Waals surface area (Å²) in [6.07, 6.45) is 1.22. The minimum Gasteiger partial charge on any atom is -0.377 e. The molecular weight excluding hydrogens is 300 g/mol. The quantitative estimate of drug-likeness (QED) is 0.379. The fourth-order valence-electron chi connectivity index (χ4n) is 1.36. The van der Waals surface area contributed by atoms with Crippen LogP contribution in [0.3, 0.4) is 0 Å². The van der Waals surface area contributed by atoms with Gasteiger partial charge in [0.2, 0.25) is 11.8 Å². The van der Waals surface area contributed by atoms with Gasteiger partial charge in [-0.05, 0) is 6.08 Å². The second-order valence-electron chi connectivity index (χ2n) is 5.84. The standard InChI is InChI=1S/C16H30N2O5/c1-5-14(19)17-6-8-21-10-12-23-13-11-22-9-7-18-15(20)16(2,3)4/h5H,1,6-13H2,2-4H3,(H,17,19)(H,18,20). The van der Waals surface area contributed by atoms with Gasteiger partial charge in [0, 0.05) is 18.5 Å². The van der Waals surface area contributed by atoms with Gasteiger partial charge in [0.15, 0.2) is 0 Å². The third-order valence-electron chi connectivity index (χ3n) is 2.69. The molecular formula is C16H30N2O5. The number of hydrogen-bond acceptors (Lipinski definition) is 5. The van der Waals surface area contributed by atoms with Gasteiger partial charge in [-0.1, -0.05) is 27.4 Å². The van der Waals surface area contributed by atoms with Crippen LogP contribution < -0.4 is 10.6 Å². The molecule has 0 aromatic rings. The summed E-state index contributed by atoms with van der Waals surface area (Å²) in [5, 5.41) is 5.41. The molecule has 134 valence electrons. The van der Waals surface area contributed by atoms with Crippen LogP contribution in [0.15, 0.2) is 12.7 Å². The van der Waals surface area contributed by atoms with E-state index in [1.165, 1.54) is 6.08 Å². The lowest BCUT2D eigenvalue weighted by molar-refractivity contribution is -0.128. The molecule has 0 atom stereocenters. The normalized spacial score (nSPS) is 11.1. The monoisotopic (exact) mass is 330 g/mol. The zero-order valence-corrected chi connectivity index (χ0v) is 14.5. The summed E-state index contributed by atoms with van der Waals surface area (Å²) in [7, 11) is 0. The SMILES string of the molecule is C=CC(=O)NCCOCCOCCOCCNC(=O)C(C)(C)C. The van der Waals surface area contributed by atoms with Gasteiger partial charge in [-0.3, -0.25) is 9.59 Å². The zero-order chi connectivity index (χ0) is 17.6. The van der Waals surface area contributed by atoms with E-state index in [2.05, 4.69) is 17.2 Å². The van der Waals surface area contributed by atoms with E-state index in [0.29, 0.717) is 52.7 Å². The van der Waals surface area contributed by atoms with Crippen molar-refractivity contribution in [2.45, 2.75) is 20.8 Å². The van der Waals surface area contributed by atoms with E-state index in [1.54, 1.807) is 0 Å². The number of ether oxygens (including phenoxy) is 3. The minimum absolute atomic E-state index is 0.0128. The Morgan fingerprint density at radius 3 is 1.74 bits per heavy atom. The summed E-state index contributed by atoms with van der Waals surface area (Å²) >= 11 is 0. The summed E-state index contributed by atoms with van der Waals surface area (Å²) in [6, 6.07) is 0. The van der Waals surface area contributed by atoms with Crippen LogP contribution in [0.2, 0.25) is 0 Å². The van der Waals surface area contributed by atoms with Crippen molar-refractivity contribution in [1.82, 2.24) is 10.6 Å². The minimum atomic E-state index is -0.377. The molecule has 0 aliphatic heterocycles. The molecule has 23 heavy (non-hydrogen) atoms. The average Bonchev–Trinajstić information content (AvgIpc) is 2.50. The summed E-state index contributed by atoms with van der Waals surface area (Å²) < 4.78 is 15.9. The van der Waals surface area contributed by atoms with Crippen molar-refractivity contribution in [1.29, 1.82) is 0 Å². The van der Waals surface area contributed by atoms with Crippen LogP contribution in [-0.4, -0.2) is 64.5 Å². The Morgan fingerprint density at radius 1 is 0.870 bits per heavy atom. The highest BCUT2D eigenvalue weighted by Crippen LogP contribution is 2.11. The van der Waals surface area contributed by atoms with Gasteiger partial charge >= 0.3 is 0 Å². The van der Waals surface area contributed by atoms with Crippen LogP contribution in [0.25, 0.3) is 0 Å². The molecule has 0 bridgehead atoms. The van der Waals surface area contributed by atoms with Gasteiger partial charge in [-0.25, -0.2) is 0 Å². The molecule has 0 heterocycles. The predicted molar refractivity (Wildman–Crippen MR) is 88.1 cm³/mol. The number of rotatable bonds is 13. The molecule has 0 fully saturated rings. The van der Waals surface area contributed by atoms with E-state index < -0.39 is 0 Å². The lowest BCUT2D eigenvalue weighted by Crippen LogP contribution is -2.36. The Bertz CT molecular complexity index is 353. The summed E-state index contributed by atoms with van der Waals surface area (Å²) in [4.78, 5) is 22.4. The van der Waals surface area contributed by atoms with E-state index in [4.69, 9.17) is 14.2 Å². The predicted octanol–water partition coefficient (Wildman–Crippen LogP) is 0.501. The molecule has 0 spiro atoms. The molecule has 0 aliphatic carbocycles. The molecule has 0 saturated carbocycles. The van der Waals surface area contributed by atoms with E-state index in [1.807, 2.05) is 20.8 Å². The first-order valence-corrected chi connectivity index (χ1v) is 7.79. The molecule has 0 unspecified atom stereocenters. The zero-order valence-electron chi connectivity index (χ0n) is 14.5. The number of amides is 2. The number of hydrogen-bond donors (Lipinski definition) is 2. The second-order valence-corrected chi connectivity index (χ2v) is 5.84. The summed E-state index contributed by atoms with van der Waals surface area (Å²) in [5.41, 5.74) is -0.377. The Labute approximate surface area is 138 Å². The van der Waals surface area contributed by atoms with Crippen molar-refractivity contribution in [3.05, 3.63) is 12.7 Å². The molecule has 0 rings (SSSR count). The fraction of sp³-hybridized carbons (Fsp3) is 0.750. The highest BCUT2D eigenvalue weighted by Gasteiger charge is 2.20. The highest BCUT2D eigenvalue weighted by molar-refractivity contribution is 5.86. The molecule has 7 heteroatoms. The van der Waals surface area contributed by atoms with E-state index >= 15 is 0 Å². The Morgan fingerprint density at radius 2 is 1.30 bits per heavy atom. The van der Waals surface area contributed by atoms with Crippen LogP contribution >= 0.6 is 0 Å². The molecule has 0 saturated heterocycles. The van der Waals surface area contributed by atoms with Crippen molar-refractivity contribution >= 4 is 11.8 Å². The molecule has 7 nitrogen and oxygen atoms in total. The summed E-state index contributed by atoms with van der Waals surface area (Å²) in [5.74, 6) is -0.195. The Kier molecular flexibility index (Phi) is 12.2. The van der Waals surface area contributed by atoms with Gasteiger partial charge < -0.3 is 24.8 Å². The van der Waals surface area contributed by atoms with Crippen LogP contribution in [0.5, 0.6) is 0 Å². The third-order valence-corrected chi connectivity index (χ3v) is 2.69. The van der Waals surface area contributed by atoms with Gasteiger partial charge in [-0.2, -0.15) is 0 Å². The lowest BCUT2D eigenvalue weighted by Gasteiger charge is -2.17. The number of carbonyl (C=O) groups is 2. The van der Waals surface area contributed by atoms with Crippen molar-refractivity contribution in [3.8, 4) is 0 Å². The Balaban J connectivity index is 3.21. The smallest absolute Gasteiger partial charge is 0.243 e. The number of nitrogens with one attached hydrogen (secondary N) is 2. The van der Waals surface area contributed by atoms with Crippen molar-refractivity contribution < 1.29 is 23.8 Å². The maximum absolute atomic E-state index is 11.6. The van der Waals surface area contributed by atoms with Crippen LogP contribution in [0.1, 0.15) is 20.8 Å². The van der Waals surface area contributed by atoms with Gasteiger partial charge in [0.25, 0.3) is 0 Å². The largest absolute Gasteiger partial charge is 0.377 e. The molecule has 0 aromatic carbocycles. The molecule has 2 amide bonds. The average molecular weight is 330 g/mol. The van der Waals surface area contributed by atoms with Crippen LogP contribution in [0, 0.1) is 5.41 Å². The Hall–Kier alpha value is -1.44. The molecule has 2 N–H and O–H groups in total. The van der Waals surface area contributed by atoms with E-state index in [0.717, 1.165) is 0 Å². The van der Waals surface area contributed by atoms with Crippen LogP contribution in [-0.2, 0) is 23.8 Å². The van der Waals surface area contributed by atoms with E-state index in [-0.39, 0.29) is 17.2 Å². The first kappa shape index (κ1) is 21.6. The molecule has 0 aromatic heterocycles. The summed E-state index contributed by atoms with van der Waals surface area (Å²) in [6.45, 7) is 12.7. The molecule has 0 aliphatic rings. The first-order valence-electron chi connectivity index (χ1n) is 7.79. The third kappa shape index (κ3) is 13.9. The van der Waals surface area contributed by atoms with Gasteiger partial charge in [0.1, 0.15) is 0 Å². The number of carbonyl (C=O) groups excluding carboxylic acids is 2. The van der Waals surface area contributed by atoms with Crippen LogP contribution in [0.4, 0.5) is 0 Å². The lowest BCUT2D eigenvalue weighted by atomic mass is 9.96. The topological polar surface area (TPSA) is 85.9 Å². The maximum atomic E-state index is 11.6. The van der Waals surface area contributed by atoms with E-state index in [9.17, 15) is 9.59 Å². The highest BCUT2D eigenvalue weighted by atomic mass is 16.5. The van der Waals surface area contributed by atoms with Crippen molar-refractivity contribution in [2.24, 2.45) is 5.41 Å². The van der Waals surface area contributed by atoms with Gasteiger partial charge in [0.05, 0.1) is 39.6 Å². The first-order chi connectivity index (χ1) is 10.9. The van der Waals surface area contributed by atoms with Gasteiger partial charge in [-0.15, -0.1) is 0 Å².